The fourth-order valence-electron chi connectivity index (χ4n) is 3.70. The number of ether oxygens (including phenoxy) is 1. The lowest BCUT2D eigenvalue weighted by Gasteiger charge is -2.52. The molecule has 1 N–H and O–H groups in total. The fraction of sp³-hybridized carbons (Fsp3) is 1.00. The average Bonchev–Trinajstić information content (AvgIpc) is 2.46. The number of rotatable bonds is 6. The van der Waals surface area contributed by atoms with Gasteiger partial charge in [0.25, 0.3) is 0 Å². The Hall–Kier alpha value is -0.120. The number of nitrogens with one attached hydrogen (secondary N) is 1. The molecular weight excluding hydrogens is 236 g/mol. The Kier molecular flexibility index (Phi) is 6.11. The second-order valence-electron chi connectivity index (χ2n) is 6.33. The van der Waals surface area contributed by atoms with Gasteiger partial charge in [-0.25, -0.2) is 0 Å². The Bertz CT molecular complexity index is 251. The van der Waals surface area contributed by atoms with Gasteiger partial charge in [0.2, 0.25) is 0 Å². The first-order chi connectivity index (χ1) is 9.30. The molecule has 0 bridgehead atoms. The Morgan fingerprint density at radius 2 is 1.95 bits per heavy atom. The topological polar surface area (TPSA) is 24.5 Å². The highest BCUT2D eigenvalue weighted by Gasteiger charge is 2.41. The van der Waals surface area contributed by atoms with Crippen molar-refractivity contribution >= 4 is 0 Å². The third kappa shape index (κ3) is 3.93. The van der Waals surface area contributed by atoms with E-state index in [1.807, 2.05) is 0 Å². The second kappa shape index (κ2) is 7.61. The Morgan fingerprint density at radius 1 is 1.16 bits per heavy atom. The molecule has 0 aromatic rings. The first kappa shape index (κ1) is 15.3. The minimum atomic E-state index is 0.444. The van der Waals surface area contributed by atoms with Crippen molar-refractivity contribution in [3.63, 3.8) is 0 Å². The number of piperazine rings is 1. The third-order valence-corrected chi connectivity index (χ3v) is 4.96. The van der Waals surface area contributed by atoms with Gasteiger partial charge < -0.3 is 10.1 Å². The van der Waals surface area contributed by atoms with E-state index in [1.54, 1.807) is 0 Å². The van der Waals surface area contributed by atoms with Crippen LogP contribution in [-0.2, 0) is 4.74 Å². The van der Waals surface area contributed by atoms with Crippen molar-refractivity contribution < 1.29 is 4.74 Å². The smallest absolute Gasteiger partial charge is 0.0593 e. The molecule has 1 spiro atoms. The van der Waals surface area contributed by atoms with Crippen molar-refractivity contribution in [2.75, 3.05) is 32.8 Å². The molecule has 2 rings (SSSR count). The van der Waals surface area contributed by atoms with Crippen molar-refractivity contribution in [2.45, 2.75) is 70.4 Å². The van der Waals surface area contributed by atoms with Crippen LogP contribution < -0.4 is 5.32 Å². The van der Waals surface area contributed by atoms with E-state index in [0.29, 0.717) is 11.6 Å². The first-order valence-corrected chi connectivity index (χ1v) is 8.37. The van der Waals surface area contributed by atoms with E-state index in [1.165, 1.54) is 51.6 Å². The Morgan fingerprint density at radius 3 is 2.63 bits per heavy atom. The lowest BCUT2D eigenvalue weighted by Crippen LogP contribution is -2.65. The summed E-state index contributed by atoms with van der Waals surface area (Å²) in [6.07, 6.45) is 9.37. The van der Waals surface area contributed by atoms with Crippen LogP contribution in [0.15, 0.2) is 0 Å². The van der Waals surface area contributed by atoms with Crippen molar-refractivity contribution in [1.29, 1.82) is 0 Å². The van der Waals surface area contributed by atoms with Crippen molar-refractivity contribution in [3.05, 3.63) is 0 Å². The monoisotopic (exact) mass is 268 g/mol. The van der Waals surface area contributed by atoms with Crippen LogP contribution in [-0.4, -0.2) is 49.3 Å². The molecule has 2 fully saturated rings. The van der Waals surface area contributed by atoms with E-state index in [-0.39, 0.29) is 0 Å². The molecule has 1 atom stereocenters. The van der Waals surface area contributed by atoms with Crippen LogP contribution >= 0.6 is 0 Å². The van der Waals surface area contributed by atoms with Crippen LogP contribution in [0.1, 0.15) is 58.8 Å². The average molecular weight is 268 g/mol. The van der Waals surface area contributed by atoms with Gasteiger partial charge in [-0.05, 0) is 25.7 Å². The van der Waals surface area contributed by atoms with E-state index < -0.39 is 0 Å². The van der Waals surface area contributed by atoms with Gasteiger partial charge >= 0.3 is 0 Å². The molecule has 19 heavy (non-hydrogen) atoms. The fourth-order valence-corrected chi connectivity index (χ4v) is 3.70. The summed E-state index contributed by atoms with van der Waals surface area (Å²) in [7, 11) is 0. The van der Waals surface area contributed by atoms with Gasteiger partial charge in [0.1, 0.15) is 0 Å². The maximum Gasteiger partial charge on any atom is 0.0593 e. The summed E-state index contributed by atoms with van der Waals surface area (Å²) in [5.74, 6) is 0. The van der Waals surface area contributed by atoms with Gasteiger partial charge in [0.05, 0.1) is 6.61 Å². The summed E-state index contributed by atoms with van der Waals surface area (Å²) in [4.78, 5) is 2.76. The van der Waals surface area contributed by atoms with Crippen molar-refractivity contribution in [2.24, 2.45) is 0 Å². The van der Waals surface area contributed by atoms with Crippen LogP contribution in [0.5, 0.6) is 0 Å². The molecule has 0 aromatic heterocycles. The zero-order chi connectivity index (χ0) is 13.6. The molecule has 1 aliphatic carbocycles. The molecule has 1 aliphatic heterocycles. The largest absolute Gasteiger partial charge is 0.380 e. The predicted molar refractivity (Wildman–Crippen MR) is 80.6 cm³/mol. The Balaban J connectivity index is 1.90. The van der Waals surface area contributed by atoms with Gasteiger partial charge in [0.15, 0.2) is 0 Å². The van der Waals surface area contributed by atoms with E-state index in [2.05, 4.69) is 24.1 Å². The van der Waals surface area contributed by atoms with Crippen molar-refractivity contribution in [1.82, 2.24) is 10.2 Å². The van der Waals surface area contributed by atoms with E-state index in [4.69, 9.17) is 4.74 Å². The SMILES string of the molecule is CCCOCCN1CC(CC)NCC12CCCCC2. The predicted octanol–water partition coefficient (Wildman–Crippen LogP) is 2.80. The third-order valence-electron chi connectivity index (χ3n) is 4.96. The maximum atomic E-state index is 5.73. The first-order valence-electron chi connectivity index (χ1n) is 8.37. The number of nitrogens with zero attached hydrogens (tertiary/aromatic N) is 1. The summed E-state index contributed by atoms with van der Waals surface area (Å²) < 4.78 is 5.73. The molecule has 0 amide bonds. The summed E-state index contributed by atoms with van der Waals surface area (Å²) >= 11 is 0. The number of hydrogen-bond donors (Lipinski definition) is 1. The van der Waals surface area contributed by atoms with Gasteiger partial charge in [-0.15, -0.1) is 0 Å². The minimum absolute atomic E-state index is 0.444. The lowest BCUT2D eigenvalue weighted by molar-refractivity contribution is -0.0119. The molecular formula is C16H32N2O. The molecule has 0 radical (unpaired) electrons. The molecule has 1 saturated carbocycles. The van der Waals surface area contributed by atoms with Crippen LogP contribution in [0, 0.1) is 0 Å². The summed E-state index contributed by atoms with van der Waals surface area (Å²) in [6.45, 7) is 9.83. The minimum Gasteiger partial charge on any atom is -0.380 e. The molecule has 112 valence electrons. The van der Waals surface area contributed by atoms with Gasteiger partial charge in [-0.2, -0.15) is 0 Å². The van der Waals surface area contributed by atoms with Crippen LogP contribution in [0.4, 0.5) is 0 Å². The molecule has 3 heteroatoms. The van der Waals surface area contributed by atoms with Crippen LogP contribution in [0.25, 0.3) is 0 Å². The molecule has 2 aliphatic rings. The van der Waals surface area contributed by atoms with E-state index in [0.717, 1.165) is 26.2 Å². The zero-order valence-electron chi connectivity index (χ0n) is 12.9. The standard InChI is InChI=1S/C16H32N2O/c1-3-11-19-12-10-18-13-15(4-2)17-14-16(18)8-6-5-7-9-16/h15,17H,3-14H2,1-2H3. The summed E-state index contributed by atoms with van der Waals surface area (Å²) in [6, 6.07) is 0.679. The molecule has 3 nitrogen and oxygen atoms in total. The van der Waals surface area contributed by atoms with Gasteiger partial charge in [-0.1, -0.05) is 33.1 Å². The highest BCUT2D eigenvalue weighted by atomic mass is 16.5. The summed E-state index contributed by atoms with van der Waals surface area (Å²) in [5, 5.41) is 3.78. The quantitative estimate of drug-likeness (QED) is 0.750. The Labute approximate surface area is 119 Å². The lowest BCUT2D eigenvalue weighted by atomic mass is 9.78. The number of hydrogen-bond acceptors (Lipinski definition) is 3. The molecule has 1 unspecified atom stereocenters. The zero-order valence-corrected chi connectivity index (χ0v) is 12.9. The highest BCUT2D eigenvalue weighted by Crippen LogP contribution is 2.35. The van der Waals surface area contributed by atoms with Gasteiger partial charge in [0, 0.05) is 37.8 Å². The maximum absolute atomic E-state index is 5.73. The van der Waals surface area contributed by atoms with Crippen LogP contribution in [0.3, 0.4) is 0 Å². The van der Waals surface area contributed by atoms with Crippen LogP contribution in [0.2, 0.25) is 0 Å². The summed E-state index contributed by atoms with van der Waals surface area (Å²) in [5.41, 5.74) is 0.444. The highest BCUT2D eigenvalue weighted by molar-refractivity contribution is 5.00. The second-order valence-corrected chi connectivity index (χ2v) is 6.33. The van der Waals surface area contributed by atoms with E-state index in [9.17, 15) is 0 Å². The normalized spacial score (nSPS) is 27.8. The van der Waals surface area contributed by atoms with Crippen molar-refractivity contribution in [3.8, 4) is 0 Å². The van der Waals surface area contributed by atoms with E-state index >= 15 is 0 Å². The molecule has 1 saturated heterocycles. The van der Waals surface area contributed by atoms with Gasteiger partial charge in [-0.3, -0.25) is 4.90 Å². The molecule has 1 heterocycles. The molecule has 0 aromatic carbocycles.